The van der Waals surface area contributed by atoms with E-state index in [2.05, 4.69) is 0 Å². The summed E-state index contributed by atoms with van der Waals surface area (Å²) in [4.78, 5) is 0.143. The van der Waals surface area contributed by atoms with Gasteiger partial charge in [-0.2, -0.15) is 4.31 Å². The summed E-state index contributed by atoms with van der Waals surface area (Å²) in [5.74, 6) is 1.20. The fourth-order valence-corrected chi connectivity index (χ4v) is 5.38. The topological polar surface area (TPSA) is 55.8 Å². The normalized spacial score (nSPS) is 18.3. The fraction of sp³-hybridized carbons (Fsp3) is 0.333. The van der Waals surface area contributed by atoms with Crippen molar-refractivity contribution in [3.63, 3.8) is 0 Å². The van der Waals surface area contributed by atoms with Gasteiger partial charge in [-0.05, 0) is 42.7 Å². The molecule has 1 heterocycles. The van der Waals surface area contributed by atoms with Crippen molar-refractivity contribution in [1.29, 1.82) is 0 Å². The van der Waals surface area contributed by atoms with Crippen molar-refractivity contribution in [2.75, 3.05) is 20.8 Å². The summed E-state index contributed by atoms with van der Waals surface area (Å²) in [6.45, 7) is 0.465. The van der Waals surface area contributed by atoms with Gasteiger partial charge in [0.05, 0.1) is 25.3 Å². The van der Waals surface area contributed by atoms with E-state index in [-0.39, 0.29) is 16.0 Å². The maximum absolute atomic E-state index is 13.1. The molecule has 3 rings (SSSR count). The zero-order valence-corrected chi connectivity index (χ0v) is 15.7. The van der Waals surface area contributed by atoms with E-state index in [0.29, 0.717) is 18.0 Å². The predicted molar refractivity (Wildman–Crippen MR) is 96.9 cm³/mol. The highest BCUT2D eigenvalue weighted by molar-refractivity contribution is 7.89. The lowest BCUT2D eigenvalue weighted by Crippen LogP contribution is -2.30. The molecule has 1 fully saturated rings. The van der Waals surface area contributed by atoms with E-state index in [0.717, 1.165) is 18.4 Å². The standard InChI is InChI=1S/C18H20ClNO4S/c1-23-16-10-9-13(12-17(16)24-2)15-7-5-11-20(15)25(21,22)18-8-4-3-6-14(18)19/h3-4,6,8-10,12,15H,5,7,11H2,1-2H3/t15-/m1/s1. The molecule has 5 nitrogen and oxygen atoms in total. The first-order valence-corrected chi connectivity index (χ1v) is 9.79. The molecule has 1 saturated heterocycles. The minimum Gasteiger partial charge on any atom is -0.493 e. The molecule has 7 heteroatoms. The lowest BCUT2D eigenvalue weighted by atomic mass is 10.0. The number of sulfonamides is 1. The molecular weight excluding hydrogens is 362 g/mol. The smallest absolute Gasteiger partial charge is 0.245 e. The third kappa shape index (κ3) is 3.34. The van der Waals surface area contributed by atoms with Crippen LogP contribution in [0.25, 0.3) is 0 Å². The molecule has 2 aromatic carbocycles. The molecule has 1 aliphatic rings. The Morgan fingerprint density at radius 1 is 1.08 bits per heavy atom. The Morgan fingerprint density at radius 2 is 1.80 bits per heavy atom. The van der Waals surface area contributed by atoms with Crippen molar-refractivity contribution in [1.82, 2.24) is 4.31 Å². The molecule has 1 atom stereocenters. The highest BCUT2D eigenvalue weighted by Gasteiger charge is 2.37. The van der Waals surface area contributed by atoms with Crippen LogP contribution in [0.3, 0.4) is 0 Å². The van der Waals surface area contributed by atoms with Crippen LogP contribution in [0, 0.1) is 0 Å². The lowest BCUT2D eigenvalue weighted by Gasteiger charge is -2.25. The van der Waals surface area contributed by atoms with Crippen LogP contribution in [0.2, 0.25) is 5.02 Å². The van der Waals surface area contributed by atoms with Gasteiger partial charge in [0.25, 0.3) is 0 Å². The summed E-state index contributed by atoms with van der Waals surface area (Å²) in [5.41, 5.74) is 0.880. The number of ether oxygens (including phenoxy) is 2. The van der Waals surface area contributed by atoms with Crippen molar-refractivity contribution >= 4 is 21.6 Å². The molecule has 134 valence electrons. The Labute approximate surface area is 153 Å². The molecule has 0 bridgehead atoms. The summed E-state index contributed by atoms with van der Waals surface area (Å²) in [6, 6.07) is 11.8. The van der Waals surface area contributed by atoms with Crippen molar-refractivity contribution in [2.24, 2.45) is 0 Å². The van der Waals surface area contributed by atoms with E-state index in [1.807, 2.05) is 12.1 Å². The Bertz CT molecular complexity index is 869. The summed E-state index contributed by atoms with van der Waals surface area (Å²) >= 11 is 6.13. The summed E-state index contributed by atoms with van der Waals surface area (Å²) in [5, 5.41) is 0.237. The van der Waals surface area contributed by atoms with Gasteiger partial charge in [-0.15, -0.1) is 0 Å². The van der Waals surface area contributed by atoms with Gasteiger partial charge < -0.3 is 9.47 Å². The fourth-order valence-electron chi connectivity index (χ4n) is 3.20. The van der Waals surface area contributed by atoms with E-state index < -0.39 is 10.0 Å². The SMILES string of the molecule is COc1ccc([C@H]2CCCN2S(=O)(=O)c2ccccc2Cl)cc1OC. The quantitative estimate of drug-likeness (QED) is 0.788. The molecule has 0 aromatic heterocycles. The molecule has 25 heavy (non-hydrogen) atoms. The number of rotatable bonds is 5. The summed E-state index contributed by atoms with van der Waals surface area (Å²) in [6.07, 6.45) is 1.54. The molecule has 0 amide bonds. The van der Waals surface area contributed by atoms with Crippen molar-refractivity contribution < 1.29 is 17.9 Å². The highest BCUT2D eigenvalue weighted by atomic mass is 35.5. The first kappa shape index (κ1) is 18.0. The number of methoxy groups -OCH3 is 2. The predicted octanol–water partition coefficient (Wildman–Crippen LogP) is 3.88. The van der Waals surface area contributed by atoms with Crippen LogP contribution in [0.1, 0.15) is 24.4 Å². The number of nitrogens with zero attached hydrogens (tertiary/aromatic N) is 1. The Hall–Kier alpha value is -1.76. The van der Waals surface area contributed by atoms with Gasteiger partial charge in [-0.1, -0.05) is 29.8 Å². The number of hydrogen-bond acceptors (Lipinski definition) is 4. The second kappa shape index (κ2) is 7.23. The molecule has 0 radical (unpaired) electrons. The molecule has 0 aliphatic carbocycles. The third-order valence-electron chi connectivity index (χ3n) is 4.42. The molecule has 0 spiro atoms. The zero-order chi connectivity index (χ0) is 18.0. The molecule has 0 saturated carbocycles. The van der Waals surface area contributed by atoms with Crippen LogP contribution in [0.5, 0.6) is 11.5 Å². The monoisotopic (exact) mass is 381 g/mol. The number of benzene rings is 2. The molecule has 0 N–H and O–H groups in total. The average molecular weight is 382 g/mol. The molecular formula is C18H20ClNO4S. The molecule has 2 aromatic rings. The van der Waals surface area contributed by atoms with Gasteiger partial charge in [-0.25, -0.2) is 8.42 Å². The lowest BCUT2D eigenvalue weighted by molar-refractivity contribution is 0.351. The largest absolute Gasteiger partial charge is 0.493 e. The number of hydrogen-bond donors (Lipinski definition) is 0. The van der Waals surface area contributed by atoms with Crippen LogP contribution in [-0.4, -0.2) is 33.5 Å². The Balaban J connectivity index is 2.00. The first-order valence-electron chi connectivity index (χ1n) is 7.97. The minimum absolute atomic E-state index is 0.143. The van der Waals surface area contributed by atoms with Crippen LogP contribution >= 0.6 is 11.6 Å². The van der Waals surface area contributed by atoms with Gasteiger partial charge in [0.1, 0.15) is 4.90 Å². The summed E-state index contributed by atoms with van der Waals surface area (Å²) in [7, 11) is -0.538. The maximum Gasteiger partial charge on any atom is 0.245 e. The maximum atomic E-state index is 13.1. The van der Waals surface area contributed by atoms with E-state index >= 15 is 0 Å². The van der Waals surface area contributed by atoms with Crippen LogP contribution in [0.15, 0.2) is 47.4 Å². The second-order valence-corrected chi connectivity index (χ2v) is 8.08. The van der Waals surface area contributed by atoms with Gasteiger partial charge >= 0.3 is 0 Å². The van der Waals surface area contributed by atoms with E-state index in [4.69, 9.17) is 21.1 Å². The zero-order valence-electron chi connectivity index (χ0n) is 14.1. The van der Waals surface area contributed by atoms with Crippen molar-refractivity contribution in [3.8, 4) is 11.5 Å². The Kier molecular flexibility index (Phi) is 5.22. The van der Waals surface area contributed by atoms with Crippen LogP contribution < -0.4 is 9.47 Å². The minimum atomic E-state index is -3.67. The van der Waals surface area contributed by atoms with Gasteiger partial charge in [0.15, 0.2) is 11.5 Å². The van der Waals surface area contributed by atoms with E-state index in [9.17, 15) is 8.42 Å². The van der Waals surface area contributed by atoms with E-state index in [1.54, 1.807) is 44.6 Å². The van der Waals surface area contributed by atoms with Gasteiger partial charge in [-0.3, -0.25) is 0 Å². The van der Waals surface area contributed by atoms with Crippen LogP contribution in [0.4, 0.5) is 0 Å². The second-order valence-electron chi connectivity index (χ2n) is 5.82. The van der Waals surface area contributed by atoms with Gasteiger partial charge in [0.2, 0.25) is 10.0 Å². The van der Waals surface area contributed by atoms with Crippen molar-refractivity contribution in [2.45, 2.75) is 23.8 Å². The highest BCUT2D eigenvalue weighted by Crippen LogP contribution is 2.40. The average Bonchev–Trinajstić information content (AvgIpc) is 3.12. The Morgan fingerprint density at radius 3 is 2.48 bits per heavy atom. The van der Waals surface area contributed by atoms with E-state index in [1.165, 1.54) is 4.31 Å². The third-order valence-corrected chi connectivity index (χ3v) is 6.83. The first-order chi connectivity index (χ1) is 12.0. The van der Waals surface area contributed by atoms with Crippen molar-refractivity contribution in [3.05, 3.63) is 53.1 Å². The van der Waals surface area contributed by atoms with Gasteiger partial charge in [0, 0.05) is 6.54 Å². The summed E-state index contributed by atoms with van der Waals surface area (Å²) < 4.78 is 38.3. The molecule has 1 aliphatic heterocycles. The molecule has 0 unspecified atom stereocenters. The van der Waals surface area contributed by atoms with Crippen LogP contribution in [-0.2, 0) is 10.0 Å². The number of halogens is 1.